The largest absolute Gasteiger partial charge is 0.360 e. The Balaban J connectivity index is 1.36. The predicted octanol–water partition coefficient (Wildman–Crippen LogP) is 5.00. The van der Waals surface area contributed by atoms with Crippen LogP contribution in [0.5, 0.6) is 0 Å². The molecule has 6 nitrogen and oxygen atoms in total. The number of piperidine rings is 1. The van der Waals surface area contributed by atoms with E-state index < -0.39 is 0 Å². The smallest absolute Gasteiger partial charge is 0.253 e. The fraction of sp³-hybridized carbons (Fsp3) is 0.208. The maximum atomic E-state index is 12.8. The molecule has 2 aromatic carbocycles. The van der Waals surface area contributed by atoms with Gasteiger partial charge in [-0.1, -0.05) is 48.0 Å². The number of nitrogens with one attached hydrogen (secondary N) is 2. The number of rotatable bonds is 4. The molecule has 1 aliphatic heterocycles. The summed E-state index contributed by atoms with van der Waals surface area (Å²) in [6.45, 7) is 1.37. The van der Waals surface area contributed by atoms with E-state index in [2.05, 4.69) is 15.3 Å². The average molecular weight is 432 g/mol. The first-order valence-electron chi connectivity index (χ1n) is 10.4. The van der Waals surface area contributed by atoms with E-state index in [1.807, 2.05) is 65.7 Å². The molecular weight excluding hydrogens is 410 g/mol. The summed E-state index contributed by atoms with van der Waals surface area (Å²) in [5.41, 5.74) is 3.37. The standard InChI is InChI=1S/C24H22ClN5O/c25-20-14-27-24(29-22(20)19-13-26-21-11-5-4-10-18(19)21)28-17-9-6-12-30(15-17)23(31)16-7-2-1-3-8-16/h1-5,7-8,10-11,13-14,17,26H,6,9,12,15H2,(H,27,28,29)/t17-/m1/s1. The van der Waals surface area contributed by atoms with Crippen molar-refractivity contribution in [2.75, 3.05) is 18.4 Å². The van der Waals surface area contributed by atoms with Crippen molar-refractivity contribution < 1.29 is 4.79 Å². The number of halogens is 1. The number of hydrogen-bond donors (Lipinski definition) is 2. The molecule has 31 heavy (non-hydrogen) atoms. The fourth-order valence-electron chi connectivity index (χ4n) is 4.12. The number of hydrogen-bond acceptors (Lipinski definition) is 4. The van der Waals surface area contributed by atoms with Crippen LogP contribution in [0.25, 0.3) is 22.2 Å². The van der Waals surface area contributed by atoms with Crippen molar-refractivity contribution >= 4 is 34.4 Å². The molecule has 2 aromatic heterocycles. The number of aromatic amines is 1. The van der Waals surface area contributed by atoms with Crippen LogP contribution in [-0.4, -0.2) is 44.9 Å². The number of amides is 1. The number of para-hydroxylation sites is 1. The van der Waals surface area contributed by atoms with Gasteiger partial charge in [0.25, 0.3) is 5.91 Å². The van der Waals surface area contributed by atoms with Gasteiger partial charge in [0.2, 0.25) is 5.95 Å². The number of anilines is 1. The topological polar surface area (TPSA) is 73.9 Å². The SMILES string of the molecule is O=C(c1ccccc1)N1CCC[C@@H](Nc2ncc(Cl)c(-c3c[nH]c4ccccc34)n2)C1. The van der Waals surface area contributed by atoms with Crippen LogP contribution in [0.1, 0.15) is 23.2 Å². The predicted molar refractivity (Wildman–Crippen MR) is 123 cm³/mol. The maximum absolute atomic E-state index is 12.8. The van der Waals surface area contributed by atoms with Crippen molar-refractivity contribution in [2.45, 2.75) is 18.9 Å². The van der Waals surface area contributed by atoms with Gasteiger partial charge in [-0.15, -0.1) is 0 Å². The molecule has 1 amide bonds. The molecule has 0 bridgehead atoms. The maximum Gasteiger partial charge on any atom is 0.253 e. The van der Waals surface area contributed by atoms with Crippen LogP contribution in [0.2, 0.25) is 5.02 Å². The summed E-state index contributed by atoms with van der Waals surface area (Å²) in [5, 5.41) is 4.97. The molecule has 0 aliphatic carbocycles. The van der Waals surface area contributed by atoms with Gasteiger partial charge in [-0.25, -0.2) is 9.97 Å². The van der Waals surface area contributed by atoms with Gasteiger partial charge in [-0.05, 0) is 31.0 Å². The molecule has 1 atom stereocenters. The first-order chi connectivity index (χ1) is 15.2. The average Bonchev–Trinajstić information content (AvgIpc) is 3.25. The van der Waals surface area contributed by atoms with E-state index in [0.717, 1.165) is 35.9 Å². The van der Waals surface area contributed by atoms with E-state index in [1.165, 1.54) is 0 Å². The molecule has 1 fully saturated rings. The molecule has 5 rings (SSSR count). The van der Waals surface area contributed by atoms with Crippen LogP contribution < -0.4 is 5.32 Å². The number of carbonyl (C=O) groups is 1. The molecule has 0 spiro atoms. The molecular formula is C24H22ClN5O. The molecule has 3 heterocycles. The van der Waals surface area contributed by atoms with E-state index in [4.69, 9.17) is 16.6 Å². The Morgan fingerprint density at radius 2 is 1.94 bits per heavy atom. The van der Waals surface area contributed by atoms with E-state index in [1.54, 1.807) is 6.20 Å². The molecule has 0 unspecified atom stereocenters. The molecule has 1 saturated heterocycles. The Morgan fingerprint density at radius 1 is 1.13 bits per heavy atom. The Hall–Kier alpha value is -3.38. The van der Waals surface area contributed by atoms with Crippen LogP contribution in [0.4, 0.5) is 5.95 Å². The van der Waals surface area contributed by atoms with Gasteiger partial charge in [-0.2, -0.15) is 0 Å². The van der Waals surface area contributed by atoms with Crippen molar-refractivity contribution in [3.05, 3.63) is 77.6 Å². The summed E-state index contributed by atoms with van der Waals surface area (Å²) < 4.78 is 0. The van der Waals surface area contributed by atoms with E-state index >= 15 is 0 Å². The van der Waals surface area contributed by atoms with Gasteiger partial charge in [0, 0.05) is 47.4 Å². The highest BCUT2D eigenvalue weighted by molar-refractivity contribution is 6.33. The monoisotopic (exact) mass is 431 g/mol. The first kappa shape index (κ1) is 19.6. The van der Waals surface area contributed by atoms with Crippen LogP contribution >= 0.6 is 11.6 Å². The Labute approximate surface area is 185 Å². The molecule has 156 valence electrons. The molecule has 0 radical (unpaired) electrons. The minimum atomic E-state index is 0.0589. The lowest BCUT2D eigenvalue weighted by molar-refractivity contribution is 0.0714. The minimum Gasteiger partial charge on any atom is -0.360 e. The number of nitrogens with zero attached hydrogens (tertiary/aromatic N) is 3. The second kappa shape index (κ2) is 8.40. The quantitative estimate of drug-likeness (QED) is 0.477. The summed E-state index contributed by atoms with van der Waals surface area (Å²) in [5.74, 6) is 0.576. The lowest BCUT2D eigenvalue weighted by atomic mass is 10.0. The Morgan fingerprint density at radius 3 is 2.81 bits per heavy atom. The summed E-state index contributed by atoms with van der Waals surface area (Å²) in [7, 11) is 0. The third-order valence-corrected chi connectivity index (χ3v) is 5.93. The van der Waals surface area contributed by atoms with E-state index in [9.17, 15) is 4.79 Å². The number of likely N-dealkylation sites (tertiary alicyclic amines) is 1. The highest BCUT2D eigenvalue weighted by atomic mass is 35.5. The third-order valence-electron chi connectivity index (χ3n) is 5.65. The fourth-order valence-corrected chi connectivity index (χ4v) is 4.31. The number of carbonyl (C=O) groups excluding carboxylic acids is 1. The summed E-state index contributed by atoms with van der Waals surface area (Å²) in [6.07, 6.45) is 5.43. The zero-order valence-corrected chi connectivity index (χ0v) is 17.6. The van der Waals surface area contributed by atoms with Gasteiger partial charge in [0.15, 0.2) is 0 Å². The molecule has 7 heteroatoms. The first-order valence-corrected chi connectivity index (χ1v) is 10.8. The van der Waals surface area contributed by atoms with Crippen molar-refractivity contribution in [1.82, 2.24) is 19.9 Å². The number of H-pyrrole nitrogens is 1. The zero-order valence-electron chi connectivity index (χ0n) is 16.9. The summed E-state index contributed by atoms with van der Waals surface area (Å²) >= 11 is 6.44. The Bertz CT molecular complexity index is 1220. The zero-order chi connectivity index (χ0) is 21.2. The van der Waals surface area contributed by atoms with Crippen LogP contribution in [0, 0.1) is 0 Å². The lowest BCUT2D eigenvalue weighted by Crippen LogP contribution is -2.45. The van der Waals surface area contributed by atoms with Crippen molar-refractivity contribution in [1.29, 1.82) is 0 Å². The lowest BCUT2D eigenvalue weighted by Gasteiger charge is -2.33. The number of benzene rings is 2. The summed E-state index contributed by atoms with van der Waals surface area (Å²) in [6, 6.07) is 17.5. The normalized spacial score (nSPS) is 16.4. The van der Waals surface area contributed by atoms with E-state index in [-0.39, 0.29) is 11.9 Å². The van der Waals surface area contributed by atoms with E-state index in [0.29, 0.717) is 28.8 Å². The van der Waals surface area contributed by atoms with Crippen LogP contribution in [0.3, 0.4) is 0 Å². The number of fused-ring (bicyclic) bond motifs is 1. The second-order valence-electron chi connectivity index (χ2n) is 7.74. The van der Waals surface area contributed by atoms with Gasteiger partial charge in [0.05, 0.1) is 16.9 Å². The molecule has 0 saturated carbocycles. The van der Waals surface area contributed by atoms with Gasteiger partial charge < -0.3 is 15.2 Å². The molecule has 2 N–H and O–H groups in total. The van der Waals surface area contributed by atoms with Crippen molar-refractivity contribution in [2.24, 2.45) is 0 Å². The van der Waals surface area contributed by atoms with Crippen molar-refractivity contribution in [3.8, 4) is 11.3 Å². The number of aromatic nitrogens is 3. The minimum absolute atomic E-state index is 0.0589. The van der Waals surface area contributed by atoms with Crippen molar-refractivity contribution in [3.63, 3.8) is 0 Å². The van der Waals surface area contributed by atoms with Crippen LogP contribution in [-0.2, 0) is 0 Å². The third kappa shape index (κ3) is 3.99. The van der Waals surface area contributed by atoms with Crippen LogP contribution in [0.15, 0.2) is 67.0 Å². The Kier molecular flexibility index (Phi) is 5.30. The van der Waals surface area contributed by atoms with Gasteiger partial charge >= 0.3 is 0 Å². The second-order valence-corrected chi connectivity index (χ2v) is 8.15. The molecule has 1 aliphatic rings. The highest BCUT2D eigenvalue weighted by Crippen LogP contribution is 2.32. The summed E-state index contributed by atoms with van der Waals surface area (Å²) in [4.78, 5) is 27.1. The highest BCUT2D eigenvalue weighted by Gasteiger charge is 2.25. The molecule has 4 aromatic rings. The van der Waals surface area contributed by atoms with Gasteiger partial charge in [-0.3, -0.25) is 4.79 Å². The van der Waals surface area contributed by atoms with Gasteiger partial charge in [0.1, 0.15) is 0 Å².